The fourth-order valence-corrected chi connectivity index (χ4v) is 0.907. The summed E-state index contributed by atoms with van der Waals surface area (Å²) < 4.78 is 0. The van der Waals surface area contributed by atoms with Crippen LogP contribution in [0.1, 0.15) is 26.2 Å². The predicted octanol–water partition coefficient (Wildman–Crippen LogP) is -0.159. The maximum absolute atomic E-state index is 11.1. The van der Waals surface area contributed by atoms with E-state index >= 15 is 0 Å². The lowest BCUT2D eigenvalue weighted by molar-refractivity contribution is -0.120. The fourth-order valence-electron chi connectivity index (χ4n) is 0.907. The zero-order valence-electron chi connectivity index (χ0n) is 8.44. The molecule has 0 aromatic rings. The summed E-state index contributed by atoms with van der Waals surface area (Å²) in [6.45, 7) is 5.17. The quantitative estimate of drug-likeness (QED) is 0.463. The van der Waals surface area contributed by atoms with Crippen molar-refractivity contribution >= 4 is 5.91 Å². The van der Waals surface area contributed by atoms with Crippen LogP contribution in [0.3, 0.4) is 0 Å². The van der Waals surface area contributed by atoms with E-state index in [9.17, 15) is 4.79 Å². The van der Waals surface area contributed by atoms with Crippen LogP contribution in [0.15, 0.2) is 0 Å². The maximum atomic E-state index is 11.1. The summed E-state index contributed by atoms with van der Waals surface area (Å²) in [5, 5.41) is 5.97. The molecule has 0 radical (unpaired) electrons. The molecule has 0 unspecified atom stereocenters. The normalized spacial score (nSPS) is 10.0. The van der Waals surface area contributed by atoms with Crippen molar-refractivity contribution in [1.29, 1.82) is 0 Å². The maximum Gasteiger partial charge on any atom is 0.221 e. The summed E-state index contributed by atoms with van der Waals surface area (Å²) in [7, 11) is 0. The number of amides is 1. The first-order valence-electron chi connectivity index (χ1n) is 4.98. The molecule has 0 aromatic carbocycles. The molecular weight excluding hydrogens is 166 g/mol. The van der Waals surface area contributed by atoms with Crippen LogP contribution in [0.4, 0.5) is 0 Å². The number of carbonyl (C=O) groups is 1. The highest BCUT2D eigenvalue weighted by molar-refractivity contribution is 5.75. The van der Waals surface area contributed by atoms with Gasteiger partial charge in [-0.2, -0.15) is 0 Å². The molecule has 0 aromatic heterocycles. The zero-order valence-corrected chi connectivity index (χ0v) is 8.44. The monoisotopic (exact) mass is 187 g/mol. The molecule has 1 amide bonds. The molecule has 0 atom stereocenters. The molecule has 78 valence electrons. The van der Waals surface area contributed by atoms with Gasteiger partial charge >= 0.3 is 0 Å². The van der Waals surface area contributed by atoms with Crippen molar-refractivity contribution < 1.29 is 4.79 Å². The molecule has 0 rings (SSSR count). The summed E-state index contributed by atoms with van der Waals surface area (Å²) in [4.78, 5) is 11.1. The van der Waals surface area contributed by atoms with E-state index in [4.69, 9.17) is 5.73 Å². The Bertz CT molecular complexity index is 128. The molecule has 4 N–H and O–H groups in total. The van der Waals surface area contributed by atoms with Crippen molar-refractivity contribution in [3.05, 3.63) is 0 Å². The minimum absolute atomic E-state index is 0.127. The van der Waals surface area contributed by atoms with E-state index in [0.29, 0.717) is 13.0 Å². The summed E-state index contributed by atoms with van der Waals surface area (Å²) in [5.41, 5.74) is 5.32. The molecule has 13 heavy (non-hydrogen) atoms. The van der Waals surface area contributed by atoms with Gasteiger partial charge in [0.1, 0.15) is 0 Å². The minimum Gasteiger partial charge on any atom is -0.356 e. The summed E-state index contributed by atoms with van der Waals surface area (Å²) >= 11 is 0. The van der Waals surface area contributed by atoms with Gasteiger partial charge < -0.3 is 16.4 Å². The highest BCUT2D eigenvalue weighted by Gasteiger charge is 1.97. The average Bonchev–Trinajstić information content (AvgIpc) is 2.14. The number of nitrogens with two attached hydrogens (primary N) is 1. The van der Waals surface area contributed by atoms with E-state index in [0.717, 1.165) is 32.5 Å². The third kappa shape index (κ3) is 9.30. The van der Waals surface area contributed by atoms with Gasteiger partial charge in [0.2, 0.25) is 5.91 Å². The number of nitrogens with one attached hydrogen (secondary N) is 2. The van der Waals surface area contributed by atoms with Crippen molar-refractivity contribution in [2.24, 2.45) is 5.73 Å². The van der Waals surface area contributed by atoms with E-state index in [-0.39, 0.29) is 5.91 Å². The van der Waals surface area contributed by atoms with E-state index < -0.39 is 0 Å². The van der Waals surface area contributed by atoms with E-state index in [1.165, 1.54) is 0 Å². The van der Waals surface area contributed by atoms with Crippen LogP contribution in [0, 0.1) is 0 Å². The summed E-state index contributed by atoms with van der Waals surface area (Å²) in [6, 6.07) is 0. The van der Waals surface area contributed by atoms with Crippen LogP contribution in [0.25, 0.3) is 0 Å². The van der Waals surface area contributed by atoms with Gasteiger partial charge in [-0.3, -0.25) is 4.79 Å². The van der Waals surface area contributed by atoms with E-state index in [2.05, 4.69) is 10.6 Å². The average molecular weight is 187 g/mol. The molecule has 0 bridgehead atoms. The Balaban J connectivity index is 3.08. The molecule has 0 heterocycles. The number of carbonyl (C=O) groups excluding carboxylic acids is 1. The van der Waals surface area contributed by atoms with E-state index in [1.54, 1.807) is 0 Å². The van der Waals surface area contributed by atoms with Crippen LogP contribution >= 0.6 is 0 Å². The molecule has 4 nitrogen and oxygen atoms in total. The predicted molar refractivity (Wildman–Crippen MR) is 54.5 cm³/mol. The second-order valence-electron chi connectivity index (χ2n) is 2.99. The molecule has 4 heteroatoms. The van der Waals surface area contributed by atoms with Gasteiger partial charge in [0, 0.05) is 19.5 Å². The van der Waals surface area contributed by atoms with Gasteiger partial charge in [0.05, 0.1) is 0 Å². The molecular formula is C9H21N3O. The highest BCUT2D eigenvalue weighted by atomic mass is 16.1. The van der Waals surface area contributed by atoms with Crippen molar-refractivity contribution in [3.63, 3.8) is 0 Å². The topological polar surface area (TPSA) is 67.2 Å². The number of hydrogen-bond acceptors (Lipinski definition) is 3. The Hall–Kier alpha value is -0.610. The van der Waals surface area contributed by atoms with Crippen molar-refractivity contribution in [1.82, 2.24) is 10.6 Å². The fraction of sp³-hybridized carbons (Fsp3) is 0.889. The molecule has 0 aliphatic carbocycles. The van der Waals surface area contributed by atoms with Gasteiger partial charge in [-0.1, -0.05) is 6.92 Å². The number of hydrogen-bond donors (Lipinski definition) is 3. The Morgan fingerprint density at radius 2 is 2.08 bits per heavy atom. The van der Waals surface area contributed by atoms with Crippen LogP contribution in [0.2, 0.25) is 0 Å². The molecule has 0 aliphatic rings. The van der Waals surface area contributed by atoms with Gasteiger partial charge in [-0.05, 0) is 25.9 Å². The highest BCUT2D eigenvalue weighted by Crippen LogP contribution is 1.79. The largest absolute Gasteiger partial charge is 0.356 e. The Morgan fingerprint density at radius 3 is 2.69 bits per heavy atom. The van der Waals surface area contributed by atoms with Gasteiger partial charge in [0.25, 0.3) is 0 Å². The second-order valence-corrected chi connectivity index (χ2v) is 2.99. The summed E-state index contributed by atoms with van der Waals surface area (Å²) in [6.07, 6.45) is 2.52. The minimum atomic E-state index is 0.127. The third-order valence-electron chi connectivity index (χ3n) is 1.66. The van der Waals surface area contributed by atoms with Crippen LogP contribution in [-0.2, 0) is 4.79 Å². The van der Waals surface area contributed by atoms with Crippen molar-refractivity contribution in [3.8, 4) is 0 Å². The Morgan fingerprint density at radius 1 is 1.31 bits per heavy atom. The Kier molecular flexibility index (Phi) is 9.03. The lowest BCUT2D eigenvalue weighted by atomic mass is 10.3. The SMILES string of the molecule is CCCNC(=O)CCNCCCN. The van der Waals surface area contributed by atoms with Crippen LogP contribution in [0.5, 0.6) is 0 Å². The standard InChI is InChI=1S/C9H21N3O/c1-2-6-12-9(13)4-8-11-7-3-5-10/h11H,2-8,10H2,1H3,(H,12,13). The summed E-state index contributed by atoms with van der Waals surface area (Å²) in [5.74, 6) is 0.127. The van der Waals surface area contributed by atoms with Crippen LogP contribution in [-0.4, -0.2) is 32.1 Å². The number of rotatable bonds is 8. The van der Waals surface area contributed by atoms with Gasteiger partial charge in [-0.25, -0.2) is 0 Å². The van der Waals surface area contributed by atoms with Crippen LogP contribution < -0.4 is 16.4 Å². The lowest BCUT2D eigenvalue weighted by Crippen LogP contribution is -2.28. The third-order valence-corrected chi connectivity index (χ3v) is 1.66. The smallest absolute Gasteiger partial charge is 0.221 e. The zero-order chi connectivity index (χ0) is 9.94. The molecule has 0 saturated heterocycles. The first-order chi connectivity index (χ1) is 6.31. The first kappa shape index (κ1) is 12.4. The molecule has 0 aliphatic heterocycles. The molecule has 0 saturated carbocycles. The van der Waals surface area contributed by atoms with Gasteiger partial charge in [0.15, 0.2) is 0 Å². The Labute approximate surface area is 80.3 Å². The molecule has 0 spiro atoms. The van der Waals surface area contributed by atoms with E-state index in [1.807, 2.05) is 6.92 Å². The lowest BCUT2D eigenvalue weighted by Gasteiger charge is -2.04. The second kappa shape index (κ2) is 9.48. The molecule has 0 fully saturated rings. The van der Waals surface area contributed by atoms with Crippen molar-refractivity contribution in [2.45, 2.75) is 26.2 Å². The van der Waals surface area contributed by atoms with Gasteiger partial charge in [-0.15, -0.1) is 0 Å². The van der Waals surface area contributed by atoms with Crippen molar-refractivity contribution in [2.75, 3.05) is 26.2 Å². The first-order valence-corrected chi connectivity index (χ1v) is 4.98.